The number of hydrogen-bond acceptors (Lipinski definition) is 12. The van der Waals surface area contributed by atoms with Gasteiger partial charge in [-0.15, -0.1) is 0 Å². The minimum atomic E-state index is -4.15. The highest BCUT2D eigenvalue weighted by Crippen LogP contribution is 2.29. The molecule has 1 fully saturated rings. The lowest BCUT2D eigenvalue weighted by molar-refractivity contribution is -0.258. The number of amides is 1. The predicted molar refractivity (Wildman–Crippen MR) is 93.5 cm³/mol. The van der Waals surface area contributed by atoms with Crippen molar-refractivity contribution in [3.8, 4) is 0 Å². The van der Waals surface area contributed by atoms with Gasteiger partial charge in [0.1, 0.15) is 12.2 Å². The van der Waals surface area contributed by atoms with Crippen molar-refractivity contribution in [2.45, 2.75) is 37.6 Å². The molecule has 28 heavy (non-hydrogen) atoms. The van der Waals surface area contributed by atoms with Crippen LogP contribution in [0.15, 0.2) is 0 Å². The summed E-state index contributed by atoms with van der Waals surface area (Å²) in [6, 6.07) is -1.41. The van der Waals surface area contributed by atoms with E-state index in [2.05, 4.69) is 9.50 Å². The van der Waals surface area contributed by atoms with E-state index >= 15 is 0 Å². The van der Waals surface area contributed by atoms with E-state index in [4.69, 9.17) is 17.8 Å². The standard InChI is InChI=1S/C12H23NO12S3/c1-7(14)13-9-10(24-27(4,17)18)8(6-22-26(3,15)16)23-12(21-2)11(9)25-28(5,19)20/h8-12H,6H2,1-5H3,(H,13,14)/t8-,9+,10-,11-,12-/m1/s1. The lowest BCUT2D eigenvalue weighted by atomic mass is 9.96. The highest BCUT2D eigenvalue weighted by atomic mass is 32.2. The Labute approximate surface area is 164 Å². The molecule has 0 aromatic carbocycles. The van der Waals surface area contributed by atoms with Crippen LogP contribution in [0.4, 0.5) is 0 Å². The fraction of sp³-hybridized carbons (Fsp3) is 0.917. The van der Waals surface area contributed by atoms with E-state index < -0.39 is 73.5 Å². The molecule has 0 unspecified atom stereocenters. The quantitative estimate of drug-likeness (QED) is 0.352. The molecular formula is C12H23NO12S3. The monoisotopic (exact) mass is 469 g/mol. The van der Waals surface area contributed by atoms with E-state index in [-0.39, 0.29) is 0 Å². The Kier molecular flexibility index (Phi) is 8.35. The molecule has 1 N–H and O–H groups in total. The molecule has 1 aliphatic heterocycles. The van der Waals surface area contributed by atoms with Crippen LogP contribution in [0.3, 0.4) is 0 Å². The number of hydrogen-bond donors (Lipinski definition) is 1. The van der Waals surface area contributed by atoms with Crippen LogP contribution in [0.5, 0.6) is 0 Å². The fourth-order valence-corrected chi connectivity index (χ4v) is 4.10. The number of ether oxygens (including phenoxy) is 2. The molecule has 1 heterocycles. The van der Waals surface area contributed by atoms with E-state index in [1.807, 2.05) is 0 Å². The van der Waals surface area contributed by atoms with Gasteiger partial charge >= 0.3 is 0 Å². The Hall–Kier alpha value is -0.880. The Bertz CT molecular complexity index is 866. The van der Waals surface area contributed by atoms with Crippen molar-refractivity contribution in [2.75, 3.05) is 32.5 Å². The van der Waals surface area contributed by atoms with Crippen molar-refractivity contribution in [1.82, 2.24) is 5.32 Å². The molecule has 5 atom stereocenters. The van der Waals surface area contributed by atoms with Gasteiger partial charge in [-0.05, 0) is 0 Å². The highest BCUT2D eigenvalue weighted by Gasteiger charge is 2.51. The topological polar surface area (TPSA) is 178 Å². The zero-order chi connectivity index (χ0) is 21.9. The van der Waals surface area contributed by atoms with Gasteiger partial charge in [0.05, 0.1) is 31.4 Å². The number of methoxy groups -OCH3 is 1. The van der Waals surface area contributed by atoms with Gasteiger partial charge in [-0.25, -0.2) is 0 Å². The van der Waals surface area contributed by atoms with Gasteiger partial charge in [0.25, 0.3) is 30.4 Å². The van der Waals surface area contributed by atoms with E-state index in [9.17, 15) is 30.0 Å². The molecule has 0 aromatic heterocycles. The summed E-state index contributed by atoms with van der Waals surface area (Å²) in [4.78, 5) is 11.6. The van der Waals surface area contributed by atoms with Gasteiger partial charge in [-0.2, -0.15) is 25.3 Å². The second-order valence-electron chi connectivity index (χ2n) is 6.02. The fourth-order valence-electron chi connectivity index (χ4n) is 2.46. The average Bonchev–Trinajstić information content (AvgIpc) is 2.45. The Balaban J connectivity index is 3.40. The minimum Gasteiger partial charge on any atom is -0.353 e. The van der Waals surface area contributed by atoms with Crippen LogP contribution in [-0.4, -0.2) is 94.3 Å². The summed E-state index contributed by atoms with van der Waals surface area (Å²) < 4.78 is 94.1. The molecule has 1 amide bonds. The van der Waals surface area contributed by atoms with E-state index in [0.717, 1.165) is 26.5 Å². The normalized spacial score (nSPS) is 29.4. The zero-order valence-electron chi connectivity index (χ0n) is 15.7. The van der Waals surface area contributed by atoms with Gasteiger partial charge in [0.2, 0.25) is 5.91 Å². The molecule has 166 valence electrons. The van der Waals surface area contributed by atoms with Crippen molar-refractivity contribution in [1.29, 1.82) is 0 Å². The van der Waals surface area contributed by atoms with Crippen LogP contribution < -0.4 is 5.32 Å². The van der Waals surface area contributed by atoms with Crippen molar-refractivity contribution in [3.63, 3.8) is 0 Å². The van der Waals surface area contributed by atoms with Gasteiger partial charge in [0.15, 0.2) is 12.4 Å². The lowest BCUT2D eigenvalue weighted by Crippen LogP contribution is -2.66. The first-order valence-corrected chi connectivity index (χ1v) is 13.0. The van der Waals surface area contributed by atoms with Gasteiger partial charge < -0.3 is 14.8 Å². The largest absolute Gasteiger partial charge is 0.353 e. The van der Waals surface area contributed by atoms with E-state index in [1.165, 1.54) is 0 Å². The third-order valence-electron chi connectivity index (χ3n) is 3.27. The summed E-state index contributed by atoms with van der Waals surface area (Å²) in [7, 11) is -11.1. The number of carbonyl (C=O) groups excluding carboxylic acids is 1. The van der Waals surface area contributed by atoms with Crippen molar-refractivity contribution in [3.05, 3.63) is 0 Å². The number of rotatable bonds is 9. The number of nitrogens with one attached hydrogen (secondary N) is 1. The second-order valence-corrected chi connectivity index (χ2v) is 10.9. The molecule has 1 saturated heterocycles. The van der Waals surface area contributed by atoms with Crippen LogP contribution in [0.25, 0.3) is 0 Å². The molecule has 16 heteroatoms. The van der Waals surface area contributed by atoms with Crippen LogP contribution in [0.2, 0.25) is 0 Å². The molecule has 13 nitrogen and oxygen atoms in total. The second kappa shape index (κ2) is 9.29. The van der Waals surface area contributed by atoms with E-state index in [1.54, 1.807) is 0 Å². The molecule has 0 radical (unpaired) electrons. The van der Waals surface area contributed by atoms with Crippen molar-refractivity contribution < 1.29 is 52.1 Å². The van der Waals surface area contributed by atoms with Gasteiger partial charge in [-0.1, -0.05) is 0 Å². The Morgan fingerprint density at radius 1 is 0.929 bits per heavy atom. The maximum absolute atomic E-state index is 11.7. The summed E-state index contributed by atoms with van der Waals surface area (Å²) in [5.74, 6) is -0.672. The third kappa shape index (κ3) is 8.64. The molecule has 0 aromatic rings. The molecule has 0 saturated carbocycles. The molecule has 0 spiro atoms. The summed E-state index contributed by atoms with van der Waals surface area (Å²) in [6.45, 7) is 0.398. The third-order valence-corrected chi connectivity index (χ3v) is 4.98. The van der Waals surface area contributed by atoms with Crippen LogP contribution in [-0.2, 0) is 57.2 Å². The summed E-state index contributed by atoms with van der Waals surface area (Å²) in [6.07, 6.45) is -3.73. The van der Waals surface area contributed by atoms with Gasteiger partial charge in [0, 0.05) is 14.0 Å². The summed E-state index contributed by atoms with van der Waals surface area (Å²) in [5.41, 5.74) is 0. The van der Waals surface area contributed by atoms with Crippen LogP contribution >= 0.6 is 0 Å². The predicted octanol–water partition coefficient (Wildman–Crippen LogP) is -2.47. The van der Waals surface area contributed by atoms with Crippen LogP contribution in [0, 0.1) is 0 Å². The first-order chi connectivity index (χ1) is 12.5. The SMILES string of the molecule is CO[C@@H]1O[C@H](COS(C)(=O)=O)[C@@H](OS(C)(=O)=O)[C@H](NC(C)=O)[C@H]1OS(C)(=O)=O. The lowest BCUT2D eigenvalue weighted by Gasteiger charge is -2.44. The highest BCUT2D eigenvalue weighted by molar-refractivity contribution is 7.86. The van der Waals surface area contributed by atoms with Crippen molar-refractivity contribution in [2.24, 2.45) is 0 Å². The summed E-state index contributed by atoms with van der Waals surface area (Å²) >= 11 is 0. The first-order valence-electron chi connectivity index (χ1n) is 7.58. The average molecular weight is 470 g/mol. The molecular weight excluding hydrogens is 446 g/mol. The van der Waals surface area contributed by atoms with Crippen molar-refractivity contribution >= 4 is 36.3 Å². The smallest absolute Gasteiger partial charge is 0.264 e. The molecule has 0 aliphatic carbocycles. The minimum absolute atomic E-state index is 0.672. The summed E-state index contributed by atoms with van der Waals surface area (Å²) in [5, 5.41) is 2.34. The molecule has 0 bridgehead atoms. The maximum atomic E-state index is 11.7. The Morgan fingerprint density at radius 2 is 1.43 bits per heavy atom. The number of carbonyl (C=O) groups is 1. The first kappa shape index (κ1) is 25.2. The van der Waals surface area contributed by atoms with E-state index in [0.29, 0.717) is 6.26 Å². The van der Waals surface area contributed by atoms with Gasteiger partial charge in [-0.3, -0.25) is 17.3 Å². The van der Waals surface area contributed by atoms with Crippen LogP contribution in [0.1, 0.15) is 6.92 Å². The Morgan fingerprint density at radius 3 is 1.82 bits per heavy atom. The maximum Gasteiger partial charge on any atom is 0.264 e. The zero-order valence-corrected chi connectivity index (χ0v) is 18.2. The molecule has 1 rings (SSSR count). The molecule has 1 aliphatic rings.